The third-order valence-electron chi connectivity index (χ3n) is 3.62. The molecular weight excluding hydrogens is 224 g/mol. The number of aryl methyl sites for hydroxylation is 1. The van der Waals surface area contributed by atoms with Gasteiger partial charge in [-0.3, -0.25) is 9.36 Å². The summed E-state index contributed by atoms with van der Waals surface area (Å²) in [5.74, 6) is 0.582. The van der Waals surface area contributed by atoms with E-state index in [0.717, 1.165) is 36.2 Å². The van der Waals surface area contributed by atoms with Crippen molar-refractivity contribution in [2.45, 2.75) is 26.2 Å². The van der Waals surface area contributed by atoms with E-state index in [-0.39, 0.29) is 5.56 Å². The molecule has 1 unspecified atom stereocenters. The SMILES string of the molecule is CC1CCc2ncn(-c3ccccc3)c(=O)c2C1. The Morgan fingerprint density at radius 1 is 1.28 bits per heavy atom. The van der Waals surface area contributed by atoms with Crippen molar-refractivity contribution in [3.05, 3.63) is 58.3 Å². The van der Waals surface area contributed by atoms with Gasteiger partial charge < -0.3 is 0 Å². The van der Waals surface area contributed by atoms with Crippen LogP contribution in [0.1, 0.15) is 24.6 Å². The highest BCUT2D eigenvalue weighted by molar-refractivity contribution is 5.33. The van der Waals surface area contributed by atoms with Crippen molar-refractivity contribution in [1.82, 2.24) is 9.55 Å². The summed E-state index contributed by atoms with van der Waals surface area (Å²) < 4.78 is 1.65. The Bertz CT molecular complexity index is 616. The maximum Gasteiger partial charge on any atom is 0.261 e. The first kappa shape index (κ1) is 11.2. The Labute approximate surface area is 106 Å². The average Bonchev–Trinajstić information content (AvgIpc) is 2.41. The van der Waals surface area contributed by atoms with Crippen LogP contribution in [0.2, 0.25) is 0 Å². The van der Waals surface area contributed by atoms with Crippen molar-refractivity contribution in [3.63, 3.8) is 0 Å². The molecule has 0 saturated heterocycles. The van der Waals surface area contributed by atoms with Crippen molar-refractivity contribution >= 4 is 0 Å². The smallest absolute Gasteiger partial charge is 0.261 e. The zero-order valence-electron chi connectivity index (χ0n) is 10.5. The summed E-state index contributed by atoms with van der Waals surface area (Å²) in [6.45, 7) is 2.20. The van der Waals surface area contributed by atoms with Gasteiger partial charge in [-0.2, -0.15) is 0 Å². The van der Waals surface area contributed by atoms with Gasteiger partial charge >= 0.3 is 0 Å². The first-order valence-electron chi connectivity index (χ1n) is 6.40. The molecule has 3 rings (SSSR count). The summed E-state index contributed by atoms with van der Waals surface area (Å²) >= 11 is 0. The molecule has 1 aliphatic rings. The molecule has 0 fully saturated rings. The molecule has 1 heterocycles. The second-order valence-corrected chi connectivity index (χ2v) is 5.03. The van der Waals surface area contributed by atoms with Crippen molar-refractivity contribution < 1.29 is 0 Å². The zero-order chi connectivity index (χ0) is 12.5. The van der Waals surface area contributed by atoms with Gasteiger partial charge in [-0.05, 0) is 37.3 Å². The molecule has 1 aromatic heterocycles. The van der Waals surface area contributed by atoms with E-state index in [2.05, 4.69) is 11.9 Å². The van der Waals surface area contributed by atoms with Crippen LogP contribution in [0.4, 0.5) is 0 Å². The Morgan fingerprint density at radius 2 is 2.06 bits per heavy atom. The molecule has 1 aromatic carbocycles. The summed E-state index contributed by atoms with van der Waals surface area (Å²) in [5.41, 5.74) is 2.87. The van der Waals surface area contributed by atoms with Crippen LogP contribution >= 0.6 is 0 Å². The van der Waals surface area contributed by atoms with Crippen LogP contribution in [-0.4, -0.2) is 9.55 Å². The van der Waals surface area contributed by atoms with Gasteiger partial charge in [0.1, 0.15) is 6.33 Å². The molecular formula is C15H16N2O. The predicted octanol–water partition coefficient (Wildman–Crippen LogP) is 2.36. The largest absolute Gasteiger partial charge is 0.269 e. The van der Waals surface area contributed by atoms with Crippen molar-refractivity contribution in [2.75, 3.05) is 0 Å². The normalized spacial score (nSPS) is 18.4. The van der Waals surface area contributed by atoms with Gasteiger partial charge in [-0.15, -0.1) is 0 Å². The lowest BCUT2D eigenvalue weighted by molar-refractivity contribution is 0.486. The van der Waals surface area contributed by atoms with Crippen molar-refractivity contribution in [1.29, 1.82) is 0 Å². The number of para-hydroxylation sites is 1. The highest BCUT2D eigenvalue weighted by atomic mass is 16.1. The minimum atomic E-state index is 0.0951. The van der Waals surface area contributed by atoms with Crippen LogP contribution in [0.5, 0.6) is 0 Å². The predicted molar refractivity (Wildman–Crippen MR) is 71.0 cm³/mol. The number of benzene rings is 1. The fourth-order valence-corrected chi connectivity index (χ4v) is 2.55. The fourth-order valence-electron chi connectivity index (χ4n) is 2.55. The maximum absolute atomic E-state index is 12.5. The Hall–Kier alpha value is -1.90. The van der Waals surface area contributed by atoms with Crippen molar-refractivity contribution in [2.24, 2.45) is 5.92 Å². The highest BCUT2D eigenvalue weighted by Crippen LogP contribution is 2.21. The average molecular weight is 240 g/mol. The topological polar surface area (TPSA) is 34.9 Å². The van der Waals surface area contributed by atoms with Crippen LogP contribution in [0.25, 0.3) is 5.69 Å². The second-order valence-electron chi connectivity index (χ2n) is 5.03. The summed E-state index contributed by atoms with van der Waals surface area (Å²) in [6, 6.07) is 9.68. The molecule has 0 N–H and O–H groups in total. The minimum Gasteiger partial charge on any atom is -0.269 e. The summed E-state index contributed by atoms with van der Waals surface area (Å²) in [7, 11) is 0. The van der Waals surface area contributed by atoms with E-state index in [1.54, 1.807) is 10.9 Å². The van der Waals surface area contributed by atoms with Gasteiger partial charge in [0.25, 0.3) is 5.56 Å². The molecule has 0 spiro atoms. The number of rotatable bonds is 1. The van der Waals surface area contributed by atoms with E-state index in [9.17, 15) is 4.79 Å². The molecule has 3 nitrogen and oxygen atoms in total. The maximum atomic E-state index is 12.5. The molecule has 0 saturated carbocycles. The van der Waals surface area contributed by atoms with Crippen LogP contribution in [0.3, 0.4) is 0 Å². The second kappa shape index (κ2) is 4.41. The lowest BCUT2D eigenvalue weighted by atomic mass is 9.88. The molecule has 0 aliphatic heterocycles. The summed E-state index contributed by atoms with van der Waals surface area (Å²) in [6.07, 6.45) is 4.58. The third-order valence-corrected chi connectivity index (χ3v) is 3.62. The van der Waals surface area contributed by atoms with Gasteiger partial charge in [0.2, 0.25) is 0 Å². The van der Waals surface area contributed by atoms with E-state index in [1.807, 2.05) is 30.3 Å². The van der Waals surface area contributed by atoms with Crippen LogP contribution in [-0.2, 0) is 12.8 Å². The van der Waals surface area contributed by atoms with E-state index in [0.29, 0.717) is 5.92 Å². The molecule has 92 valence electrons. The minimum absolute atomic E-state index is 0.0951. The van der Waals surface area contributed by atoms with Crippen molar-refractivity contribution in [3.8, 4) is 5.69 Å². The van der Waals surface area contributed by atoms with Gasteiger partial charge in [0.15, 0.2) is 0 Å². The van der Waals surface area contributed by atoms with Gasteiger partial charge in [-0.25, -0.2) is 4.98 Å². The van der Waals surface area contributed by atoms with Crippen LogP contribution in [0, 0.1) is 5.92 Å². The summed E-state index contributed by atoms with van der Waals surface area (Å²) in [5, 5.41) is 0. The zero-order valence-corrected chi connectivity index (χ0v) is 10.5. The van der Waals surface area contributed by atoms with E-state index >= 15 is 0 Å². The quantitative estimate of drug-likeness (QED) is 0.767. The molecule has 0 radical (unpaired) electrons. The fraction of sp³-hybridized carbons (Fsp3) is 0.333. The Kier molecular flexibility index (Phi) is 2.74. The van der Waals surface area contributed by atoms with E-state index in [4.69, 9.17) is 0 Å². The lowest BCUT2D eigenvalue weighted by Crippen LogP contribution is -2.29. The Morgan fingerprint density at radius 3 is 2.83 bits per heavy atom. The van der Waals surface area contributed by atoms with Crippen LogP contribution < -0.4 is 5.56 Å². The monoisotopic (exact) mass is 240 g/mol. The molecule has 0 amide bonds. The van der Waals surface area contributed by atoms with E-state index in [1.165, 1.54) is 0 Å². The standard InChI is InChI=1S/C15H16N2O/c1-11-7-8-14-13(9-11)15(18)17(10-16-14)12-5-3-2-4-6-12/h2-6,10-11H,7-9H2,1H3. The van der Waals surface area contributed by atoms with Gasteiger partial charge in [0, 0.05) is 5.56 Å². The lowest BCUT2D eigenvalue weighted by Gasteiger charge is -2.20. The number of aromatic nitrogens is 2. The highest BCUT2D eigenvalue weighted by Gasteiger charge is 2.20. The third kappa shape index (κ3) is 1.86. The molecule has 1 atom stereocenters. The first-order chi connectivity index (χ1) is 8.75. The molecule has 1 aliphatic carbocycles. The van der Waals surface area contributed by atoms with E-state index < -0.39 is 0 Å². The summed E-state index contributed by atoms with van der Waals surface area (Å²) in [4.78, 5) is 16.9. The number of hydrogen-bond acceptors (Lipinski definition) is 2. The molecule has 18 heavy (non-hydrogen) atoms. The van der Waals surface area contributed by atoms with Gasteiger partial charge in [-0.1, -0.05) is 25.1 Å². The van der Waals surface area contributed by atoms with Crippen LogP contribution in [0.15, 0.2) is 41.5 Å². The molecule has 0 bridgehead atoms. The number of nitrogens with zero attached hydrogens (tertiary/aromatic N) is 2. The number of hydrogen-bond donors (Lipinski definition) is 0. The Balaban J connectivity index is 2.14. The first-order valence-corrected chi connectivity index (χ1v) is 6.40. The molecule has 3 heteroatoms. The number of fused-ring (bicyclic) bond motifs is 1. The molecule has 2 aromatic rings. The van der Waals surface area contributed by atoms with Gasteiger partial charge in [0.05, 0.1) is 11.4 Å².